The van der Waals surface area contributed by atoms with Crippen LogP contribution in [0.1, 0.15) is 26.2 Å². The number of carbonyl (C=O) groups excluding carboxylic acids is 2. The molecule has 4 nitrogen and oxygen atoms in total. The molecule has 1 amide bonds. The highest BCUT2D eigenvalue weighted by molar-refractivity contribution is 6.40. The Balaban J connectivity index is 1.92. The van der Waals surface area contributed by atoms with E-state index in [2.05, 4.69) is 5.32 Å². The predicted octanol–water partition coefficient (Wildman–Crippen LogP) is -0.429. The van der Waals surface area contributed by atoms with Crippen LogP contribution in [-0.4, -0.2) is 23.3 Å². The highest BCUT2D eigenvalue weighted by Crippen LogP contribution is 2.41. The third kappa shape index (κ3) is 1.46. The number of rotatable bonds is 3. The standard InChI is InChI=1S/C9H14N2O2/c1-5-4-9(5,10)7(12)8(13)11-6-2-3-6/h5-6H,2-4,10H2,1H3,(H,11,13)/t5-,9+/m0/s1. The summed E-state index contributed by atoms with van der Waals surface area (Å²) in [5, 5.41) is 2.65. The van der Waals surface area contributed by atoms with E-state index in [4.69, 9.17) is 5.73 Å². The summed E-state index contributed by atoms with van der Waals surface area (Å²) in [6.07, 6.45) is 2.63. The molecule has 2 rings (SSSR count). The SMILES string of the molecule is C[C@H]1C[C@]1(N)C(=O)C(=O)NC1CC1. The first kappa shape index (κ1) is 8.69. The summed E-state index contributed by atoms with van der Waals surface area (Å²) < 4.78 is 0. The maximum atomic E-state index is 11.5. The van der Waals surface area contributed by atoms with Crippen LogP contribution in [0, 0.1) is 5.92 Å². The van der Waals surface area contributed by atoms with Crippen molar-refractivity contribution in [2.75, 3.05) is 0 Å². The number of hydrogen-bond donors (Lipinski definition) is 2. The third-order valence-electron chi connectivity index (χ3n) is 2.90. The smallest absolute Gasteiger partial charge is 0.289 e. The summed E-state index contributed by atoms with van der Waals surface area (Å²) in [6.45, 7) is 1.89. The van der Waals surface area contributed by atoms with E-state index in [-0.39, 0.29) is 12.0 Å². The Morgan fingerprint density at radius 3 is 2.38 bits per heavy atom. The molecule has 0 aromatic heterocycles. The van der Waals surface area contributed by atoms with E-state index >= 15 is 0 Å². The van der Waals surface area contributed by atoms with Crippen molar-refractivity contribution in [3.05, 3.63) is 0 Å². The molecule has 0 aliphatic heterocycles. The zero-order valence-corrected chi connectivity index (χ0v) is 7.67. The Morgan fingerprint density at radius 1 is 1.46 bits per heavy atom. The van der Waals surface area contributed by atoms with Gasteiger partial charge >= 0.3 is 0 Å². The molecule has 2 atom stereocenters. The molecule has 2 aliphatic rings. The number of nitrogens with one attached hydrogen (secondary N) is 1. The van der Waals surface area contributed by atoms with Crippen molar-refractivity contribution in [2.24, 2.45) is 11.7 Å². The molecule has 0 saturated heterocycles. The van der Waals surface area contributed by atoms with Crippen LogP contribution >= 0.6 is 0 Å². The third-order valence-corrected chi connectivity index (χ3v) is 2.90. The van der Waals surface area contributed by atoms with Gasteiger partial charge in [-0.3, -0.25) is 9.59 Å². The van der Waals surface area contributed by atoms with E-state index in [0.29, 0.717) is 6.42 Å². The van der Waals surface area contributed by atoms with Gasteiger partial charge in [-0.25, -0.2) is 0 Å². The summed E-state index contributed by atoms with van der Waals surface area (Å²) in [5.74, 6) is -0.772. The van der Waals surface area contributed by atoms with Crippen molar-refractivity contribution < 1.29 is 9.59 Å². The molecule has 2 aliphatic carbocycles. The summed E-state index contributed by atoms with van der Waals surface area (Å²) in [4.78, 5) is 22.7. The zero-order valence-electron chi connectivity index (χ0n) is 7.67. The zero-order chi connectivity index (χ0) is 9.64. The Bertz CT molecular complexity index is 273. The quantitative estimate of drug-likeness (QED) is 0.582. The lowest BCUT2D eigenvalue weighted by molar-refractivity contribution is -0.139. The van der Waals surface area contributed by atoms with E-state index in [9.17, 15) is 9.59 Å². The molecule has 72 valence electrons. The summed E-state index contributed by atoms with van der Waals surface area (Å²) in [7, 11) is 0. The van der Waals surface area contributed by atoms with Gasteiger partial charge in [-0.05, 0) is 25.2 Å². The van der Waals surface area contributed by atoms with Crippen molar-refractivity contribution in [1.29, 1.82) is 0 Å². The fourth-order valence-corrected chi connectivity index (χ4v) is 1.45. The molecule has 0 aromatic rings. The molecule has 0 bridgehead atoms. The van der Waals surface area contributed by atoms with E-state index in [1.54, 1.807) is 0 Å². The largest absolute Gasteiger partial charge is 0.347 e. The second-order valence-electron chi connectivity index (χ2n) is 4.22. The number of Topliss-reactive ketones (excluding diaryl/α,β-unsaturated/α-hetero) is 1. The minimum atomic E-state index is -0.848. The molecule has 2 fully saturated rings. The monoisotopic (exact) mass is 182 g/mol. The normalized spacial score (nSPS) is 36.9. The molecular weight excluding hydrogens is 168 g/mol. The highest BCUT2D eigenvalue weighted by atomic mass is 16.2. The molecule has 3 N–H and O–H groups in total. The lowest BCUT2D eigenvalue weighted by Gasteiger charge is -2.08. The first-order valence-corrected chi connectivity index (χ1v) is 4.68. The molecule has 0 spiro atoms. The Kier molecular flexibility index (Phi) is 1.70. The van der Waals surface area contributed by atoms with Gasteiger partial charge in [0.25, 0.3) is 5.91 Å². The van der Waals surface area contributed by atoms with Crippen LogP contribution in [0.3, 0.4) is 0 Å². The molecule has 0 unspecified atom stereocenters. The van der Waals surface area contributed by atoms with Crippen LogP contribution < -0.4 is 11.1 Å². The van der Waals surface area contributed by atoms with Crippen molar-refractivity contribution in [3.63, 3.8) is 0 Å². The fraction of sp³-hybridized carbons (Fsp3) is 0.778. The van der Waals surface area contributed by atoms with Crippen molar-refractivity contribution >= 4 is 11.7 Å². The van der Waals surface area contributed by atoms with Crippen LogP contribution in [0.5, 0.6) is 0 Å². The molecule has 2 saturated carbocycles. The van der Waals surface area contributed by atoms with Crippen LogP contribution in [0.15, 0.2) is 0 Å². The van der Waals surface area contributed by atoms with Crippen molar-refractivity contribution in [1.82, 2.24) is 5.32 Å². The van der Waals surface area contributed by atoms with Crippen LogP contribution in [-0.2, 0) is 9.59 Å². The fourth-order valence-electron chi connectivity index (χ4n) is 1.45. The van der Waals surface area contributed by atoms with Gasteiger partial charge < -0.3 is 11.1 Å². The summed E-state index contributed by atoms with van der Waals surface area (Å²) in [5.41, 5.74) is 4.87. The maximum Gasteiger partial charge on any atom is 0.289 e. The van der Waals surface area contributed by atoms with Crippen LogP contribution in [0.2, 0.25) is 0 Å². The van der Waals surface area contributed by atoms with Crippen molar-refractivity contribution in [3.8, 4) is 0 Å². The molecular formula is C9H14N2O2. The second-order valence-corrected chi connectivity index (χ2v) is 4.22. The second kappa shape index (κ2) is 2.54. The Morgan fingerprint density at radius 2 is 2.00 bits per heavy atom. The number of hydrogen-bond acceptors (Lipinski definition) is 3. The maximum absolute atomic E-state index is 11.5. The highest BCUT2D eigenvalue weighted by Gasteiger charge is 2.56. The topological polar surface area (TPSA) is 72.2 Å². The van der Waals surface area contributed by atoms with Gasteiger partial charge in [0.15, 0.2) is 0 Å². The van der Waals surface area contributed by atoms with Gasteiger partial charge in [0, 0.05) is 6.04 Å². The average molecular weight is 182 g/mol. The number of carbonyl (C=O) groups is 2. The average Bonchev–Trinajstić information content (AvgIpc) is 2.93. The molecule has 0 aromatic carbocycles. The van der Waals surface area contributed by atoms with Gasteiger partial charge in [0.1, 0.15) is 0 Å². The Labute approximate surface area is 76.9 Å². The lowest BCUT2D eigenvalue weighted by atomic mass is 10.1. The van der Waals surface area contributed by atoms with Crippen LogP contribution in [0.25, 0.3) is 0 Å². The minimum Gasteiger partial charge on any atom is -0.347 e. The van der Waals surface area contributed by atoms with Gasteiger partial charge in [-0.15, -0.1) is 0 Å². The minimum absolute atomic E-state index is 0.157. The van der Waals surface area contributed by atoms with E-state index < -0.39 is 17.2 Å². The molecule has 0 radical (unpaired) electrons. The number of ketones is 1. The molecule has 13 heavy (non-hydrogen) atoms. The first-order chi connectivity index (χ1) is 6.04. The van der Waals surface area contributed by atoms with Gasteiger partial charge in [-0.2, -0.15) is 0 Å². The Hall–Kier alpha value is -0.900. The van der Waals surface area contributed by atoms with E-state index in [1.807, 2.05) is 6.92 Å². The molecule has 0 heterocycles. The molecule has 4 heteroatoms. The summed E-state index contributed by atoms with van der Waals surface area (Å²) in [6, 6.07) is 0.231. The van der Waals surface area contributed by atoms with E-state index in [0.717, 1.165) is 12.8 Å². The van der Waals surface area contributed by atoms with Gasteiger partial charge in [-0.1, -0.05) is 6.92 Å². The van der Waals surface area contributed by atoms with Gasteiger partial charge in [0.2, 0.25) is 5.78 Å². The predicted molar refractivity (Wildman–Crippen MR) is 46.9 cm³/mol. The lowest BCUT2D eigenvalue weighted by Crippen LogP contribution is -2.46. The van der Waals surface area contributed by atoms with Crippen molar-refractivity contribution in [2.45, 2.75) is 37.8 Å². The van der Waals surface area contributed by atoms with E-state index in [1.165, 1.54) is 0 Å². The van der Waals surface area contributed by atoms with Crippen LogP contribution in [0.4, 0.5) is 0 Å². The summed E-state index contributed by atoms with van der Waals surface area (Å²) >= 11 is 0. The van der Waals surface area contributed by atoms with Gasteiger partial charge in [0.05, 0.1) is 5.54 Å². The number of amides is 1. The number of nitrogens with two attached hydrogens (primary N) is 1. The first-order valence-electron chi connectivity index (χ1n) is 4.68.